The summed E-state index contributed by atoms with van der Waals surface area (Å²) < 4.78 is 14.7. The minimum atomic E-state index is -0.366. The number of halogens is 1. The van der Waals surface area contributed by atoms with Crippen LogP contribution in [0.4, 0.5) is 4.39 Å². The van der Waals surface area contributed by atoms with E-state index < -0.39 is 0 Å². The Morgan fingerprint density at radius 3 is 1.70 bits per heavy atom. The SMILES string of the molecule is CCCCCCCCc1ccc(-c2ccc(-c3ccc(CCCCCC)nc3F)cc2)cc1. The molecule has 0 bridgehead atoms. The molecule has 0 fully saturated rings. The lowest BCUT2D eigenvalue weighted by atomic mass is 9.98. The second-order valence-electron chi connectivity index (χ2n) is 9.24. The van der Waals surface area contributed by atoms with Crippen molar-refractivity contribution in [2.45, 2.75) is 90.9 Å². The van der Waals surface area contributed by atoms with Gasteiger partial charge in [-0.2, -0.15) is 4.39 Å². The number of pyridine rings is 1. The third kappa shape index (κ3) is 8.11. The zero-order chi connectivity index (χ0) is 23.3. The summed E-state index contributed by atoms with van der Waals surface area (Å²) in [5.41, 5.74) is 6.08. The maximum atomic E-state index is 14.7. The molecule has 0 aliphatic carbocycles. The molecular weight excluding hydrogens is 405 g/mol. The molecule has 0 radical (unpaired) electrons. The Bertz CT molecular complexity index is 944. The van der Waals surface area contributed by atoms with Crippen LogP contribution in [-0.4, -0.2) is 4.98 Å². The van der Waals surface area contributed by atoms with Gasteiger partial charge in [-0.15, -0.1) is 0 Å². The van der Waals surface area contributed by atoms with Crippen molar-refractivity contribution in [3.63, 3.8) is 0 Å². The number of hydrogen-bond acceptors (Lipinski definition) is 1. The van der Waals surface area contributed by atoms with E-state index >= 15 is 0 Å². The molecule has 2 heteroatoms. The zero-order valence-electron chi connectivity index (χ0n) is 20.6. The maximum Gasteiger partial charge on any atom is 0.220 e. The summed E-state index contributed by atoms with van der Waals surface area (Å²) in [5.74, 6) is -0.366. The predicted molar refractivity (Wildman–Crippen MR) is 140 cm³/mol. The van der Waals surface area contributed by atoms with E-state index in [1.165, 1.54) is 68.9 Å². The largest absolute Gasteiger partial charge is 0.224 e. The van der Waals surface area contributed by atoms with Crippen molar-refractivity contribution in [1.82, 2.24) is 4.98 Å². The first-order valence-electron chi connectivity index (χ1n) is 13.1. The summed E-state index contributed by atoms with van der Waals surface area (Å²) in [7, 11) is 0. The summed E-state index contributed by atoms with van der Waals surface area (Å²) in [4.78, 5) is 4.22. The highest BCUT2D eigenvalue weighted by Crippen LogP contribution is 2.27. The van der Waals surface area contributed by atoms with Gasteiger partial charge in [0.2, 0.25) is 5.95 Å². The van der Waals surface area contributed by atoms with Crippen LogP contribution in [0.25, 0.3) is 22.3 Å². The maximum absolute atomic E-state index is 14.7. The number of nitrogens with zero attached hydrogens (tertiary/aromatic N) is 1. The molecular formula is C31H40FN. The van der Waals surface area contributed by atoms with Gasteiger partial charge in [0.05, 0.1) is 0 Å². The molecule has 1 nitrogen and oxygen atoms in total. The third-order valence-electron chi connectivity index (χ3n) is 6.50. The van der Waals surface area contributed by atoms with Crippen molar-refractivity contribution in [3.05, 3.63) is 77.9 Å². The predicted octanol–water partition coefficient (Wildman–Crippen LogP) is 9.58. The third-order valence-corrected chi connectivity index (χ3v) is 6.50. The van der Waals surface area contributed by atoms with E-state index in [4.69, 9.17) is 0 Å². The van der Waals surface area contributed by atoms with Crippen LogP contribution in [0.15, 0.2) is 60.7 Å². The molecule has 3 aromatic rings. The first-order chi connectivity index (χ1) is 16.2. The lowest BCUT2D eigenvalue weighted by Crippen LogP contribution is -1.96. The van der Waals surface area contributed by atoms with E-state index in [2.05, 4.69) is 55.2 Å². The molecule has 0 amide bonds. The fourth-order valence-electron chi connectivity index (χ4n) is 4.37. The molecule has 0 N–H and O–H groups in total. The van der Waals surface area contributed by atoms with Gasteiger partial charge in [0, 0.05) is 11.3 Å². The zero-order valence-corrected chi connectivity index (χ0v) is 20.6. The highest BCUT2D eigenvalue weighted by molar-refractivity contribution is 5.70. The average molecular weight is 446 g/mol. The molecule has 0 aliphatic heterocycles. The number of unbranched alkanes of at least 4 members (excludes halogenated alkanes) is 8. The molecule has 1 aromatic heterocycles. The van der Waals surface area contributed by atoms with E-state index in [-0.39, 0.29) is 5.95 Å². The van der Waals surface area contributed by atoms with Crippen LogP contribution in [0, 0.1) is 5.95 Å². The number of benzene rings is 2. The van der Waals surface area contributed by atoms with Crippen LogP contribution in [0.2, 0.25) is 0 Å². The van der Waals surface area contributed by atoms with Gasteiger partial charge in [-0.3, -0.25) is 0 Å². The minimum absolute atomic E-state index is 0.366. The van der Waals surface area contributed by atoms with E-state index in [0.29, 0.717) is 5.56 Å². The van der Waals surface area contributed by atoms with Crippen LogP contribution in [0.1, 0.15) is 89.3 Å². The second kappa shape index (κ2) is 13.9. The quantitative estimate of drug-likeness (QED) is 0.178. The molecule has 3 rings (SSSR count). The van der Waals surface area contributed by atoms with Crippen LogP contribution in [0.3, 0.4) is 0 Å². The smallest absolute Gasteiger partial charge is 0.220 e. The Labute approximate surface area is 200 Å². The van der Waals surface area contributed by atoms with E-state index in [9.17, 15) is 4.39 Å². The Morgan fingerprint density at radius 1 is 0.545 bits per heavy atom. The number of aryl methyl sites for hydroxylation is 2. The Kier molecular flexibility index (Phi) is 10.6. The molecule has 33 heavy (non-hydrogen) atoms. The van der Waals surface area contributed by atoms with E-state index in [0.717, 1.165) is 36.1 Å². The second-order valence-corrected chi connectivity index (χ2v) is 9.24. The highest BCUT2D eigenvalue weighted by Gasteiger charge is 2.09. The molecule has 0 atom stereocenters. The molecule has 2 aromatic carbocycles. The summed E-state index contributed by atoms with van der Waals surface area (Å²) in [5, 5.41) is 0. The number of hydrogen-bond donors (Lipinski definition) is 0. The van der Waals surface area contributed by atoms with Gasteiger partial charge in [-0.1, -0.05) is 114 Å². The van der Waals surface area contributed by atoms with Crippen LogP contribution in [0.5, 0.6) is 0 Å². The van der Waals surface area contributed by atoms with Gasteiger partial charge in [0.25, 0.3) is 0 Å². The van der Waals surface area contributed by atoms with Crippen molar-refractivity contribution >= 4 is 0 Å². The lowest BCUT2D eigenvalue weighted by molar-refractivity contribution is 0.574. The Hall–Kier alpha value is -2.48. The standard InChI is InChI=1S/C31H40FN/c1-3-5-7-9-10-11-13-25-15-17-26(18-16-25)27-19-21-28(22-20-27)30-24-23-29(33-31(30)32)14-12-8-6-4-2/h15-24H,3-14H2,1-2H3. The summed E-state index contributed by atoms with van der Waals surface area (Å²) >= 11 is 0. The van der Waals surface area contributed by atoms with Crippen molar-refractivity contribution in [1.29, 1.82) is 0 Å². The number of rotatable bonds is 14. The molecule has 0 spiro atoms. The topological polar surface area (TPSA) is 12.9 Å². The van der Waals surface area contributed by atoms with Gasteiger partial charge in [0.1, 0.15) is 0 Å². The van der Waals surface area contributed by atoms with Gasteiger partial charge < -0.3 is 0 Å². The summed E-state index contributed by atoms with van der Waals surface area (Å²) in [6.07, 6.45) is 14.7. The average Bonchev–Trinajstić information content (AvgIpc) is 2.85. The van der Waals surface area contributed by atoms with Crippen LogP contribution < -0.4 is 0 Å². The molecule has 176 valence electrons. The molecule has 0 unspecified atom stereocenters. The molecule has 0 aliphatic rings. The Morgan fingerprint density at radius 2 is 1.06 bits per heavy atom. The number of aromatic nitrogens is 1. The van der Waals surface area contributed by atoms with Gasteiger partial charge in [-0.25, -0.2) is 4.98 Å². The first-order valence-corrected chi connectivity index (χ1v) is 13.1. The summed E-state index contributed by atoms with van der Waals surface area (Å²) in [6, 6.07) is 20.9. The van der Waals surface area contributed by atoms with E-state index in [1.807, 2.05) is 24.3 Å². The van der Waals surface area contributed by atoms with Gasteiger partial charge in [-0.05, 0) is 60.1 Å². The fraction of sp³-hybridized carbons (Fsp3) is 0.452. The monoisotopic (exact) mass is 445 g/mol. The Balaban J connectivity index is 1.55. The van der Waals surface area contributed by atoms with Crippen molar-refractivity contribution in [2.24, 2.45) is 0 Å². The van der Waals surface area contributed by atoms with E-state index in [1.54, 1.807) is 0 Å². The first kappa shape index (κ1) is 25.1. The van der Waals surface area contributed by atoms with Crippen molar-refractivity contribution in [3.8, 4) is 22.3 Å². The fourth-order valence-corrected chi connectivity index (χ4v) is 4.37. The van der Waals surface area contributed by atoms with Gasteiger partial charge in [0.15, 0.2) is 0 Å². The highest BCUT2D eigenvalue weighted by atomic mass is 19.1. The van der Waals surface area contributed by atoms with Gasteiger partial charge >= 0.3 is 0 Å². The van der Waals surface area contributed by atoms with Crippen molar-refractivity contribution < 1.29 is 4.39 Å². The normalized spacial score (nSPS) is 11.1. The molecule has 0 saturated carbocycles. The summed E-state index contributed by atoms with van der Waals surface area (Å²) in [6.45, 7) is 4.46. The molecule has 1 heterocycles. The van der Waals surface area contributed by atoms with Crippen LogP contribution in [-0.2, 0) is 12.8 Å². The minimum Gasteiger partial charge on any atom is -0.224 e. The van der Waals surface area contributed by atoms with Crippen LogP contribution >= 0.6 is 0 Å². The van der Waals surface area contributed by atoms with Crippen molar-refractivity contribution in [2.75, 3.05) is 0 Å². The molecule has 0 saturated heterocycles. The lowest BCUT2D eigenvalue weighted by Gasteiger charge is -2.08.